The maximum absolute atomic E-state index is 9.84. The van der Waals surface area contributed by atoms with Gasteiger partial charge in [-0.3, -0.25) is 0 Å². The highest BCUT2D eigenvalue weighted by Crippen LogP contribution is 2.71. The lowest BCUT2D eigenvalue weighted by Crippen LogP contribution is -2.24. The molecule has 3 rings (SSSR count). The first-order valence-corrected chi connectivity index (χ1v) is 11.9. The summed E-state index contributed by atoms with van der Waals surface area (Å²) in [6.07, 6.45) is 2.45. The quantitative estimate of drug-likeness (QED) is 0.229. The Kier molecular flexibility index (Phi) is 6.84. The lowest BCUT2D eigenvalue weighted by molar-refractivity contribution is 0.429. The average molecular weight is 500 g/mol. The average Bonchev–Trinajstić information content (AvgIpc) is 2.99. The minimum Gasteiger partial charge on any atom is -0.442 e. The number of aryl methyl sites for hydroxylation is 1. The van der Waals surface area contributed by atoms with Gasteiger partial charge in [0, 0.05) is 30.5 Å². The summed E-state index contributed by atoms with van der Waals surface area (Å²) in [6.45, 7) is 10.1. The van der Waals surface area contributed by atoms with E-state index in [0.717, 1.165) is 22.8 Å². The van der Waals surface area contributed by atoms with Gasteiger partial charge < -0.3 is 9.64 Å². The molecule has 2 aromatic rings. The molecule has 0 aliphatic heterocycles. The number of alkyl halides is 2. The molecule has 1 aliphatic rings. The number of halogens is 3. The van der Waals surface area contributed by atoms with Gasteiger partial charge in [0.05, 0.1) is 28.2 Å². The van der Waals surface area contributed by atoms with E-state index in [4.69, 9.17) is 39.5 Å². The molecule has 5 nitrogen and oxygen atoms in total. The maximum atomic E-state index is 9.84. The number of aliphatic imine (C=N–C) groups is 1. The monoisotopic (exact) mass is 498 g/mol. The summed E-state index contributed by atoms with van der Waals surface area (Å²) in [7, 11) is 1.97. The molecule has 31 heavy (non-hydrogen) atoms. The van der Waals surface area contributed by atoms with Crippen molar-refractivity contribution in [3.05, 3.63) is 34.0 Å². The molecular formula is C22H25Cl3N4OS. The van der Waals surface area contributed by atoms with Crippen LogP contribution in [0, 0.1) is 24.2 Å². The zero-order valence-electron chi connectivity index (χ0n) is 18.3. The number of hydrogen-bond acceptors (Lipinski definition) is 5. The summed E-state index contributed by atoms with van der Waals surface area (Å²) >= 11 is 20.6. The fraction of sp³-hybridized carbons (Fsp3) is 0.500. The molecular weight excluding hydrogens is 475 g/mol. The predicted octanol–water partition coefficient (Wildman–Crippen LogP) is 7.24. The van der Waals surface area contributed by atoms with Gasteiger partial charge in [0.25, 0.3) is 0 Å². The van der Waals surface area contributed by atoms with Crippen LogP contribution in [0.15, 0.2) is 17.1 Å². The topological polar surface area (TPSA) is 61.5 Å². The summed E-state index contributed by atoms with van der Waals surface area (Å²) in [4.78, 5) is 6.53. The number of hydrogen-bond donors (Lipinski definition) is 0. The summed E-state index contributed by atoms with van der Waals surface area (Å²) in [5.74, 6) is 0.432. The molecule has 0 bridgehead atoms. The van der Waals surface area contributed by atoms with Gasteiger partial charge in [-0.2, -0.15) is 9.64 Å². The number of benzene rings is 1. The van der Waals surface area contributed by atoms with Gasteiger partial charge >= 0.3 is 0 Å². The Morgan fingerprint density at radius 3 is 2.58 bits per heavy atom. The van der Waals surface area contributed by atoms with Gasteiger partial charge in [-0.1, -0.05) is 25.4 Å². The first kappa shape index (κ1) is 24.1. The summed E-state index contributed by atoms with van der Waals surface area (Å²) in [6, 6.07) is 6.13. The molecule has 1 aromatic carbocycles. The van der Waals surface area contributed by atoms with Crippen molar-refractivity contribution in [1.82, 2.24) is 9.27 Å². The predicted molar refractivity (Wildman–Crippen MR) is 130 cm³/mol. The van der Waals surface area contributed by atoms with Crippen LogP contribution in [0.2, 0.25) is 5.02 Å². The van der Waals surface area contributed by atoms with Crippen molar-refractivity contribution in [2.75, 3.05) is 7.05 Å². The van der Waals surface area contributed by atoms with Crippen molar-refractivity contribution in [2.24, 2.45) is 10.9 Å². The Balaban J connectivity index is 1.92. The lowest BCUT2D eigenvalue weighted by atomic mass is 9.93. The molecule has 2 atom stereocenters. The molecule has 1 heterocycles. The molecule has 0 amide bonds. The maximum Gasteiger partial charge on any atom is 0.218 e. The second-order valence-electron chi connectivity index (χ2n) is 8.15. The normalized spacial score (nSPS) is 22.0. The third-order valence-electron chi connectivity index (χ3n) is 6.19. The van der Waals surface area contributed by atoms with Crippen LogP contribution in [-0.2, 0) is 5.41 Å². The number of nitriles is 1. The van der Waals surface area contributed by atoms with Crippen molar-refractivity contribution in [1.29, 1.82) is 5.26 Å². The van der Waals surface area contributed by atoms with Gasteiger partial charge in [0.2, 0.25) is 5.06 Å². The Bertz CT molecular complexity index is 1060. The molecule has 2 unspecified atom stereocenters. The largest absolute Gasteiger partial charge is 0.442 e. The first-order valence-electron chi connectivity index (χ1n) is 10.0. The van der Waals surface area contributed by atoms with Gasteiger partial charge in [-0.25, -0.2) is 4.99 Å². The van der Waals surface area contributed by atoms with Crippen LogP contribution < -0.4 is 4.74 Å². The van der Waals surface area contributed by atoms with Gasteiger partial charge in [-0.15, -0.1) is 23.2 Å². The van der Waals surface area contributed by atoms with E-state index in [9.17, 15) is 5.26 Å². The Morgan fingerprint density at radius 1 is 1.42 bits per heavy atom. The van der Waals surface area contributed by atoms with Crippen LogP contribution in [0.3, 0.4) is 0 Å². The van der Waals surface area contributed by atoms with E-state index >= 15 is 0 Å². The molecule has 0 spiro atoms. The van der Waals surface area contributed by atoms with E-state index in [1.807, 2.05) is 38.8 Å². The number of nitrogens with zero attached hydrogens (tertiary/aromatic N) is 4. The van der Waals surface area contributed by atoms with Crippen LogP contribution in [0.5, 0.6) is 10.8 Å². The van der Waals surface area contributed by atoms with Crippen LogP contribution in [-0.4, -0.2) is 33.0 Å². The first-order chi connectivity index (χ1) is 14.5. The van der Waals surface area contributed by atoms with Crippen molar-refractivity contribution in [2.45, 2.75) is 56.8 Å². The minimum absolute atomic E-state index is 0.0117. The molecule has 0 radical (unpaired) electrons. The third kappa shape index (κ3) is 4.02. The van der Waals surface area contributed by atoms with Crippen LogP contribution >= 0.6 is 46.3 Å². The van der Waals surface area contributed by atoms with Crippen molar-refractivity contribution in [3.63, 3.8) is 0 Å². The molecule has 1 aliphatic carbocycles. The Hall–Kier alpha value is -1.52. The van der Waals surface area contributed by atoms with Crippen LogP contribution in [0.25, 0.3) is 0 Å². The summed E-state index contributed by atoms with van der Waals surface area (Å²) in [5.41, 5.74) is 2.05. The highest BCUT2D eigenvalue weighted by molar-refractivity contribution is 7.08. The zero-order chi connectivity index (χ0) is 23.1. The molecule has 166 valence electrons. The summed E-state index contributed by atoms with van der Waals surface area (Å²) in [5, 5.41) is 10.6. The number of rotatable bonds is 7. The molecule has 0 N–H and O–H groups in total. The lowest BCUT2D eigenvalue weighted by Gasteiger charge is -2.17. The van der Waals surface area contributed by atoms with E-state index in [1.54, 1.807) is 12.4 Å². The minimum atomic E-state index is -0.949. The Labute approximate surface area is 202 Å². The number of aromatic nitrogens is 1. The Morgan fingerprint density at radius 2 is 2.06 bits per heavy atom. The zero-order valence-corrected chi connectivity index (χ0v) is 21.4. The molecule has 1 fully saturated rings. The van der Waals surface area contributed by atoms with Gasteiger partial charge in [0.15, 0.2) is 0 Å². The smallest absolute Gasteiger partial charge is 0.218 e. The second-order valence-corrected chi connectivity index (χ2v) is 10.7. The summed E-state index contributed by atoms with van der Waals surface area (Å²) < 4.78 is 9.61. The third-order valence-corrected chi connectivity index (χ3v) is 8.55. The second kappa shape index (κ2) is 8.78. The highest BCUT2D eigenvalue weighted by atomic mass is 35.5. The van der Waals surface area contributed by atoms with E-state index < -0.39 is 9.75 Å². The number of ether oxygens (including phenoxy) is 1. The fourth-order valence-electron chi connectivity index (χ4n) is 3.71. The van der Waals surface area contributed by atoms with E-state index in [2.05, 4.69) is 29.3 Å². The van der Waals surface area contributed by atoms with Crippen LogP contribution in [0.1, 0.15) is 50.9 Å². The molecule has 1 aromatic heterocycles. The molecule has 0 saturated heterocycles. The van der Waals surface area contributed by atoms with Crippen molar-refractivity contribution >= 4 is 58.4 Å². The van der Waals surface area contributed by atoms with Crippen LogP contribution in [0.4, 0.5) is 5.69 Å². The highest BCUT2D eigenvalue weighted by Gasteiger charge is 2.75. The fourth-order valence-corrected chi connectivity index (χ4v) is 5.73. The molecule has 1 saturated carbocycles. The van der Waals surface area contributed by atoms with E-state index in [1.165, 1.54) is 0 Å². The SMILES string of the molecule is CCC1(c2nsc(Oc3cc(C)c(/N=C\N(C)C(C)C)cc3Cl)c2C#N)C(C)C1(Cl)Cl. The van der Waals surface area contributed by atoms with E-state index in [0.29, 0.717) is 39.6 Å². The van der Waals surface area contributed by atoms with Crippen molar-refractivity contribution in [3.8, 4) is 16.9 Å². The standard InChI is InChI=1S/C22H25Cl3N4OS/c1-7-21(14(5)22(21,24)25)19-15(10-26)20(31-28-19)30-18-8-13(4)17(9-16(18)23)27-11-29(6)12(2)3/h8-9,11-12,14H,7H2,1-6H3/b27-11-. The van der Waals surface area contributed by atoms with Gasteiger partial charge in [-0.05, 0) is 44.9 Å². The molecule has 9 heteroatoms. The van der Waals surface area contributed by atoms with Gasteiger partial charge in [0.1, 0.15) is 21.7 Å². The van der Waals surface area contributed by atoms with E-state index in [-0.39, 0.29) is 5.92 Å². The van der Waals surface area contributed by atoms with Crippen molar-refractivity contribution < 1.29 is 4.74 Å².